The molecule has 1 heterocycles. The average Bonchev–Trinajstić information content (AvgIpc) is 2.79. The fourth-order valence-corrected chi connectivity index (χ4v) is 2.05. The molecule has 0 N–H and O–H groups in total. The molecule has 0 aromatic heterocycles. The van der Waals surface area contributed by atoms with E-state index in [0.717, 1.165) is 5.56 Å². The van der Waals surface area contributed by atoms with Gasteiger partial charge in [-0.2, -0.15) is 5.10 Å². The summed E-state index contributed by atoms with van der Waals surface area (Å²) in [4.78, 5) is 12.3. The predicted octanol–water partition coefficient (Wildman–Crippen LogP) is 3.44. The maximum absolute atomic E-state index is 13.7. The second-order valence-corrected chi connectivity index (χ2v) is 5.96. The molecule has 102 valence electrons. The highest BCUT2D eigenvalue weighted by atomic mass is 19.1. The lowest BCUT2D eigenvalue weighted by Crippen LogP contribution is -2.36. The van der Waals surface area contributed by atoms with Crippen LogP contribution in [0, 0.1) is 18.2 Å². The molecule has 19 heavy (non-hydrogen) atoms. The lowest BCUT2D eigenvalue weighted by atomic mass is 9.93. The number of halogens is 1. The smallest absolute Gasteiger partial charge is 0.248 e. The number of hydrogen-bond donors (Lipinski definition) is 0. The molecular formula is C15H19FN2O. The summed E-state index contributed by atoms with van der Waals surface area (Å²) in [7, 11) is 0. The van der Waals surface area contributed by atoms with Crippen LogP contribution >= 0.6 is 0 Å². The van der Waals surface area contributed by atoms with Gasteiger partial charge < -0.3 is 0 Å². The standard InChI is InChI=1S/C15H19FN2O/c1-10-5-6-11(9-12(10)16)13-7-8-17-18(13)14(19)15(2,3)4/h5-6,8-9,13H,7H2,1-4H3. The minimum absolute atomic E-state index is 0.0489. The van der Waals surface area contributed by atoms with Gasteiger partial charge in [-0.3, -0.25) is 4.79 Å². The molecule has 1 amide bonds. The van der Waals surface area contributed by atoms with Crippen LogP contribution in [0.2, 0.25) is 0 Å². The molecule has 1 aliphatic rings. The summed E-state index contributed by atoms with van der Waals surface area (Å²) in [6.45, 7) is 7.30. The van der Waals surface area contributed by atoms with Gasteiger partial charge in [-0.05, 0) is 24.1 Å². The molecule has 0 aliphatic carbocycles. The van der Waals surface area contributed by atoms with Gasteiger partial charge in [0.15, 0.2) is 0 Å². The molecular weight excluding hydrogens is 243 g/mol. The Balaban J connectivity index is 2.30. The van der Waals surface area contributed by atoms with Gasteiger partial charge in [0.2, 0.25) is 5.91 Å². The highest BCUT2D eigenvalue weighted by molar-refractivity contribution is 5.84. The van der Waals surface area contributed by atoms with E-state index in [2.05, 4.69) is 5.10 Å². The molecule has 0 bridgehead atoms. The van der Waals surface area contributed by atoms with Crippen LogP contribution in [0.15, 0.2) is 23.3 Å². The van der Waals surface area contributed by atoms with Gasteiger partial charge in [-0.25, -0.2) is 9.40 Å². The Labute approximate surface area is 113 Å². The van der Waals surface area contributed by atoms with Crippen LogP contribution in [0.4, 0.5) is 4.39 Å². The normalized spacial score (nSPS) is 19.0. The van der Waals surface area contributed by atoms with Gasteiger partial charge in [0.1, 0.15) is 5.82 Å². The zero-order valence-corrected chi connectivity index (χ0v) is 11.8. The van der Waals surface area contributed by atoms with Crippen LogP contribution in [0.3, 0.4) is 0 Å². The largest absolute Gasteiger partial charge is 0.272 e. The first-order valence-corrected chi connectivity index (χ1v) is 6.43. The Kier molecular flexibility index (Phi) is 3.43. The lowest BCUT2D eigenvalue weighted by Gasteiger charge is -2.28. The molecule has 4 heteroatoms. The van der Waals surface area contributed by atoms with Gasteiger partial charge in [0, 0.05) is 18.1 Å². The molecule has 1 atom stereocenters. The maximum atomic E-state index is 13.7. The van der Waals surface area contributed by atoms with E-state index in [9.17, 15) is 9.18 Å². The van der Waals surface area contributed by atoms with Crippen molar-refractivity contribution in [3.05, 3.63) is 35.1 Å². The Bertz CT molecular complexity index is 531. The number of carbonyl (C=O) groups is 1. The van der Waals surface area contributed by atoms with E-state index >= 15 is 0 Å². The molecule has 1 aliphatic heterocycles. The third kappa shape index (κ3) is 2.67. The molecule has 3 nitrogen and oxygen atoms in total. The van der Waals surface area contributed by atoms with Crippen molar-refractivity contribution < 1.29 is 9.18 Å². The van der Waals surface area contributed by atoms with Crippen LogP contribution in [-0.4, -0.2) is 17.1 Å². The number of nitrogens with zero attached hydrogens (tertiary/aromatic N) is 2. The minimum atomic E-state index is -0.497. The predicted molar refractivity (Wildman–Crippen MR) is 73.3 cm³/mol. The van der Waals surface area contributed by atoms with E-state index in [4.69, 9.17) is 0 Å². The summed E-state index contributed by atoms with van der Waals surface area (Å²) in [6, 6.07) is 4.91. The molecule has 0 fully saturated rings. The second kappa shape index (κ2) is 4.76. The summed E-state index contributed by atoms with van der Waals surface area (Å²) < 4.78 is 13.7. The Hall–Kier alpha value is -1.71. The van der Waals surface area contributed by atoms with Crippen molar-refractivity contribution >= 4 is 12.1 Å². The van der Waals surface area contributed by atoms with Crippen LogP contribution in [0.1, 0.15) is 44.4 Å². The summed E-state index contributed by atoms with van der Waals surface area (Å²) in [6.07, 6.45) is 2.34. The molecule has 1 aromatic carbocycles. The monoisotopic (exact) mass is 262 g/mol. The number of carbonyl (C=O) groups excluding carboxylic acids is 1. The van der Waals surface area contributed by atoms with E-state index in [1.54, 1.807) is 19.2 Å². The summed E-state index contributed by atoms with van der Waals surface area (Å²) in [5, 5.41) is 5.62. The number of rotatable bonds is 1. The molecule has 1 unspecified atom stereocenters. The topological polar surface area (TPSA) is 32.7 Å². The van der Waals surface area contributed by atoms with Crippen molar-refractivity contribution in [2.75, 3.05) is 0 Å². The van der Waals surface area contributed by atoms with Gasteiger partial charge >= 0.3 is 0 Å². The van der Waals surface area contributed by atoms with E-state index in [0.29, 0.717) is 12.0 Å². The van der Waals surface area contributed by atoms with Crippen LogP contribution < -0.4 is 0 Å². The molecule has 0 saturated heterocycles. The average molecular weight is 262 g/mol. The second-order valence-electron chi connectivity index (χ2n) is 5.96. The zero-order chi connectivity index (χ0) is 14.2. The van der Waals surface area contributed by atoms with Crippen molar-refractivity contribution in [1.29, 1.82) is 0 Å². The fourth-order valence-electron chi connectivity index (χ4n) is 2.05. The quantitative estimate of drug-likeness (QED) is 0.763. The van der Waals surface area contributed by atoms with E-state index in [-0.39, 0.29) is 17.8 Å². The molecule has 2 rings (SSSR count). The van der Waals surface area contributed by atoms with Gasteiger partial charge in [0.05, 0.1) is 6.04 Å². The minimum Gasteiger partial charge on any atom is -0.272 e. The summed E-state index contributed by atoms with van der Waals surface area (Å²) in [5.41, 5.74) is 0.901. The Morgan fingerprint density at radius 1 is 1.42 bits per heavy atom. The van der Waals surface area contributed by atoms with E-state index in [1.807, 2.05) is 26.8 Å². The van der Waals surface area contributed by atoms with Crippen molar-refractivity contribution in [2.24, 2.45) is 10.5 Å². The summed E-state index contributed by atoms with van der Waals surface area (Å²) >= 11 is 0. The SMILES string of the molecule is Cc1ccc(C2CC=NN2C(=O)C(C)(C)C)cc1F. The van der Waals surface area contributed by atoms with E-state index < -0.39 is 5.41 Å². The van der Waals surface area contributed by atoms with Crippen LogP contribution in [-0.2, 0) is 4.79 Å². The number of benzene rings is 1. The number of amides is 1. The first-order chi connectivity index (χ1) is 8.80. The van der Waals surface area contributed by atoms with Crippen molar-refractivity contribution in [3.63, 3.8) is 0 Å². The maximum Gasteiger partial charge on any atom is 0.248 e. The molecule has 0 saturated carbocycles. The Morgan fingerprint density at radius 2 is 2.11 bits per heavy atom. The summed E-state index contributed by atoms with van der Waals surface area (Å²) in [5.74, 6) is -0.292. The highest BCUT2D eigenvalue weighted by Gasteiger charge is 2.34. The van der Waals surface area contributed by atoms with Gasteiger partial charge in [0.25, 0.3) is 0 Å². The van der Waals surface area contributed by atoms with Crippen molar-refractivity contribution in [2.45, 2.75) is 40.2 Å². The molecule has 0 radical (unpaired) electrons. The number of hydrogen-bond acceptors (Lipinski definition) is 2. The zero-order valence-electron chi connectivity index (χ0n) is 11.8. The van der Waals surface area contributed by atoms with Gasteiger partial charge in [-0.15, -0.1) is 0 Å². The lowest BCUT2D eigenvalue weighted by molar-refractivity contribution is -0.141. The Morgan fingerprint density at radius 3 is 2.68 bits per heavy atom. The van der Waals surface area contributed by atoms with Crippen LogP contribution in [0.25, 0.3) is 0 Å². The van der Waals surface area contributed by atoms with E-state index in [1.165, 1.54) is 11.1 Å². The number of hydrazone groups is 1. The molecule has 0 spiro atoms. The van der Waals surface area contributed by atoms with Gasteiger partial charge in [-0.1, -0.05) is 32.9 Å². The molecule has 1 aromatic rings. The first kappa shape index (κ1) is 13.7. The number of aryl methyl sites for hydroxylation is 1. The van der Waals surface area contributed by atoms with Crippen LogP contribution in [0.5, 0.6) is 0 Å². The van der Waals surface area contributed by atoms with Crippen molar-refractivity contribution in [3.8, 4) is 0 Å². The first-order valence-electron chi connectivity index (χ1n) is 6.43. The highest BCUT2D eigenvalue weighted by Crippen LogP contribution is 2.32. The van der Waals surface area contributed by atoms with Crippen molar-refractivity contribution in [1.82, 2.24) is 5.01 Å². The fraction of sp³-hybridized carbons (Fsp3) is 0.467. The third-order valence-electron chi connectivity index (χ3n) is 3.26. The third-order valence-corrected chi connectivity index (χ3v) is 3.26.